The zero-order valence-corrected chi connectivity index (χ0v) is 21.8. The summed E-state index contributed by atoms with van der Waals surface area (Å²) < 4.78 is 29.8. The zero-order valence-electron chi connectivity index (χ0n) is 19.4. The lowest BCUT2D eigenvalue weighted by molar-refractivity contribution is -0.125. The first-order valence-electron chi connectivity index (χ1n) is 11.2. The van der Waals surface area contributed by atoms with Crippen molar-refractivity contribution in [3.8, 4) is 6.07 Å². The average Bonchev–Trinajstić information content (AvgIpc) is 3.31. The van der Waals surface area contributed by atoms with Gasteiger partial charge in [0.1, 0.15) is 11.6 Å². The summed E-state index contributed by atoms with van der Waals surface area (Å²) in [6, 6.07) is 12.3. The number of benzene rings is 2. The van der Waals surface area contributed by atoms with Crippen LogP contribution >= 0.6 is 23.2 Å². The summed E-state index contributed by atoms with van der Waals surface area (Å²) in [5.74, 6) is -1.14. The summed E-state index contributed by atoms with van der Waals surface area (Å²) in [6.07, 6.45) is 1.57. The highest BCUT2D eigenvalue weighted by Crippen LogP contribution is 2.45. The van der Waals surface area contributed by atoms with Gasteiger partial charge in [-0.1, -0.05) is 35.3 Å². The number of carbonyl (C=O) groups excluding carboxylic acids is 2. The molecule has 0 aliphatic carbocycles. The van der Waals surface area contributed by atoms with Crippen molar-refractivity contribution in [3.63, 3.8) is 0 Å². The van der Waals surface area contributed by atoms with Crippen molar-refractivity contribution in [1.29, 1.82) is 5.26 Å². The van der Waals surface area contributed by atoms with Gasteiger partial charge in [-0.25, -0.2) is 18.3 Å². The van der Waals surface area contributed by atoms with E-state index in [1.165, 1.54) is 33.9 Å². The van der Waals surface area contributed by atoms with Gasteiger partial charge in [-0.2, -0.15) is 9.57 Å². The summed E-state index contributed by atoms with van der Waals surface area (Å²) in [5, 5.41) is 9.46. The lowest BCUT2D eigenvalue weighted by Crippen LogP contribution is -2.57. The minimum absolute atomic E-state index is 0.0641. The first-order valence-corrected chi connectivity index (χ1v) is 13.4. The number of hydrogen-bond acceptors (Lipinski definition) is 6. The molecule has 2 aliphatic heterocycles. The maximum Gasteiger partial charge on any atom is 0.261 e. The third kappa shape index (κ3) is 3.97. The van der Waals surface area contributed by atoms with E-state index in [1.807, 2.05) is 6.07 Å². The van der Waals surface area contributed by atoms with Gasteiger partial charge >= 0.3 is 0 Å². The van der Waals surface area contributed by atoms with Crippen LogP contribution in [0.15, 0.2) is 53.7 Å². The van der Waals surface area contributed by atoms with Crippen molar-refractivity contribution < 1.29 is 18.0 Å². The van der Waals surface area contributed by atoms with Crippen LogP contribution in [-0.4, -0.2) is 46.7 Å². The van der Waals surface area contributed by atoms with Crippen molar-refractivity contribution >= 4 is 56.7 Å². The molecule has 1 fully saturated rings. The fourth-order valence-corrected chi connectivity index (χ4v) is 7.11. The second-order valence-electron chi connectivity index (χ2n) is 9.08. The smallest absolute Gasteiger partial charge is 0.261 e. The number of nitriles is 1. The molecule has 2 aromatic carbocycles. The first kappa shape index (κ1) is 25.2. The van der Waals surface area contributed by atoms with Crippen LogP contribution in [0.1, 0.15) is 24.5 Å². The molecule has 2 amide bonds. The number of aromatic nitrogens is 2. The second-order valence-corrected chi connectivity index (χ2v) is 11.8. The monoisotopic (exact) mass is 558 g/mol. The summed E-state index contributed by atoms with van der Waals surface area (Å²) in [6.45, 7) is 1.73. The molecule has 2 atom stereocenters. The number of fused-ring (bicyclic) bond motifs is 1. The van der Waals surface area contributed by atoms with Crippen LogP contribution < -0.4 is 10.6 Å². The van der Waals surface area contributed by atoms with E-state index >= 15 is 0 Å². The Morgan fingerprint density at radius 3 is 2.41 bits per heavy atom. The largest absolute Gasteiger partial charge is 0.368 e. The molecule has 0 spiro atoms. The van der Waals surface area contributed by atoms with Gasteiger partial charge < -0.3 is 5.73 Å². The minimum Gasteiger partial charge on any atom is -0.368 e. The Balaban J connectivity index is 1.68. The minimum atomic E-state index is -4.24. The van der Waals surface area contributed by atoms with Crippen LogP contribution in [0, 0.1) is 11.3 Å². The third-order valence-corrected chi connectivity index (χ3v) is 8.98. The molecule has 2 N–H and O–H groups in total. The molecule has 1 aromatic heterocycles. The van der Waals surface area contributed by atoms with E-state index in [0.717, 1.165) is 4.31 Å². The highest BCUT2D eigenvalue weighted by Gasteiger charge is 2.53. The molecule has 2 aliphatic rings. The number of nitrogens with zero attached hydrogens (tertiary/aromatic N) is 5. The SMILES string of the molecule is C[C@@]1(Cc2ccc(C#N)cc2)C(=O)N(c2cc(Cl)cc(Cl)c2)c2ncc(S(=O)(=O)N3CC[C@@H]3C(N)=O)n21. The van der Waals surface area contributed by atoms with Gasteiger partial charge in [-0.05, 0) is 49.2 Å². The molecule has 13 heteroatoms. The maximum absolute atomic E-state index is 14.0. The Kier molecular flexibility index (Phi) is 6.03. The predicted octanol–water partition coefficient (Wildman–Crippen LogP) is 2.95. The van der Waals surface area contributed by atoms with Crippen molar-refractivity contribution in [2.45, 2.75) is 36.4 Å². The Labute approximate surface area is 222 Å². The molecule has 0 saturated carbocycles. The Morgan fingerprint density at radius 1 is 1.22 bits per heavy atom. The standard InChI is InChI=1S/C24H20Cl2N6O4S/c1-24(11-14-2-4-15(12-27)5-3-14)22(34)31(18-9-16(25)8-17(26)10-18)23-29-13-20(32(23)24)37(35,36)30-7-6-19(30)21(28)33/h2-5,8-10,13,19H,6-7,11H2,1H3,(H2,28,33)/t19-,24-/m1/s1. The lowest BCUT2D eigenvalue weighted by Gasteiger charge is -2.37. The number of amides is 2. The number of sulfonamides is 1. The summed E-state index contributed by atoms with van der Waals surface area (Å²) in [4.78, 5) is 31.4. The lowest BCUT2D eigenvalue weighted by atomic mass is 9.91. The van der Waals surface area contributed by atoms with Crippen LogP contribution in [0.5, 0.6) is 0 Å². The number of hydrogen-bond donors (Lipinski definition) is 1. The van der Waals surface area contributed by atoms with Gasteiger partial charge in [0.05, 0.1) is 23.5 Å². The van der Waals surface area contributed by atoms with Crippen molar-refractivity contribution in [3.05, 3.63) is 69.8 Å². The number of primary amides is 1. The molecule has 5 rings (SSSR count). The van der Waals surface area contributed by atoms with E-state index in [4.69, 9.17) is 34.2 Å². The molecular formula is C24H20Cl2N6O4S. The topological polar surface area (TPSA) is 142 Å². The predicted molar refractivity (Wildman–Crippen MR) is 136 cm³/mol. The number of rotatable bonds is 6. The van der Waals surface area contributed by atoms with E-state index < -0.39 is 33.4 Å². The van der Waals surface area contributed by atoms with Crippen molar-refractivity contribution in [1.82, 2.24) is 13.9 Å². The fourth-order valence-electron chi connectivity index (χ4n) is 4.76. The Hall–Kier alpha value is -3.43. The summed E-state index contributed by atoms with van der Waals surface area (Å²) >= 11 is 12.4. The van der Waals surface area contributed by atoms with E-state index in [9.17, 15) is 18.0 Å². The Bertz CT molecular complexity index is 1580. The van der Waals surface area contributed by atoms with Crippen LogP contribution in [0.4, 0.5) is 11.6 Å². The normalized spacial score (nSPS) is 21.4. The number of anilines is 2. The van der Waals surface area contributed by atoms with E-state index in [2.05, 4.69) is 4.98 Å². The molecular weight excluding hydrogens is 539 g/mol. The number of carbonyl (C=O) groups is 2. The number of nitrogens with two attached hydrogens (primary N) is 1. The van der Waals surface area contributed by atoms with E-state index in [0.29, 0.717) is 23.2 Å². The maximum atomic E-state index is 14.0. The number of halogens is 2. The molecule has 3 aromatic rings. The second kappa shape index (κ2) is 8.85. The number of imidazole rings is 1. The van der Waals surface area contributed by atoms with Crippen LogP contribution in [-0.2, 0) is 31.6 Å². The molecule has 190 valence electrons. The van der Waals surface area contributed by atoms with E-state index in [-0.39, 0.29) is 34.0 Å². The highest BCUT2D eigenvalue weighted by molar-refractivity contribution is 7.89. The van der Waals surface area contributed by atoms with Crippen LogP contribution in [0.25, 0.3) is 0 Å². The highest BCUT2D eigenvalue weighted by atomic mass is 35.5. The third-order valence-electron chi connectivity index (χ3n) is 6.68. The average molecular weight is 559 g/mol. The summed E-state index contributed by atoms with van der Waals surface area (Å²) in [7, 11) is -4.24. The summed E-state index contributed by atoms with van der Waals surface area (Å²) in [5.41, 5.74) is 5.43. The van der Waals surface area contributed by atoms with Crippen molar-refractivity contribution in [2.75, 3.05) is 11.4 Å². The van der Waals surface area contributed by atoms with Gasteiger partial charge in [0, 0.05) is 23.0 Å². The first-order chi connectivity index (χ1) is 17.5. The molecule has 3 heterocycles. The fraction of sp³-hybridized carbons (Fsp3) is 0.250. The quantitative estimate of drug-likeness (QED) is 0.492. The van der Waals surface area contributed by atoms with Gasteiger partial charge in [0.2, 0.25) is 11.9 Å². The molecule has 10 nitrogen and oxygen atoms in total. The van der Waals surface area contributed by atoms with Crippen LogP contribution in [0.3, 0.4) is 0 Å². The molecule has 0 bridgehead atoms. The van der Waals surface area contributed by atoms with Crippen molar-refractivity contribution in [2.24, 2.45) is 5.73 Å². The van der Waals surface area contributed by atoms with Gasteiger partial charge in [0.25, 0.3) is 15.9 Å². The molecule has 0 radical (unpaired) electrons. The Morgan fingerprint density at radius 2 is 1.86 bits per heavy atom. The van der Waals surface area contributed by atoms with Crippen LogP contribution in [0.2, 0.25) is 10.0 Å². The molecule has 37 heavy (non-hydrogen) atoms. The van der Waals surface area contributed by atoms with E-state index in [1.54, 1.807) is 31.2 Å². The molecule has 1 saturated heterocycles. The molecule has 0 unspecified atom stereocenters. The van der Waals surface area contributed by atoms with Gasteiger partial charge in [-0.15, -0.1) is 0 Å². The van der Waals surface area contributed by atoms with Gasteiger partial charge in [-0.3, -0.25) is 14.2 Å². The zero-order chi connectivity index (χ0) is 26.7. The van der Waals surface area contributed by atoms with Gasteiger partial charge in [0.15, 0.2) is 5.03 Å².